The van der Waals surface area contributed by atoms with Gasteiger partial charge in [0, 0.05) is 13.4 Å². The largest absolute Gasteiger partial charge is 0.374 e. The van der Waals surface area contributed by atoms with Gasteiger partial charge in [0.1, 0.15) is 5.69 Å². The van der Waals surface area contributed by atoms with E-state index in [9.17, 15) is 4.79 Å². The van der Waals surface area contributed by atoms with Crippen LogP contribution < -0.4 is 5.73 Å². The lowest BCUT2D eigenvalue weighted by Gasteiger charge is -2.08. The van der Waals surface area contributed by atoms with Crippen molar-refractivity contribution in [2.24, 2.45) is 21.1 Å². The molecule has 1 aliphatic rings. The first-order chi connectivity index (χ1) is 9.81. The van der Waals surface area contributed by atoms with Crippen molar-refractivity contribution in [1.29, 1.82) is 0 Å². The van der Waals surface area contributed by atoms with Crippen LogP contribution in [0.1, 0.15) is 6.92 Å². The second kappa shape index (κ2) is 6.59. The van der Waals surface area contributed by atoms with Crippen molar-refractivity contribution in [3.8, 4) is 0 Å². The highest BCUT2D eigenvalue weighted by molar-refractivity contribution is 9.11. The summed E-state index contributed by atoms with van der Waals surface area (Å²) < 4.78 is 2.35. The predicted molar refractivity (Wildman–Crippen MR) is 94.6 cm³/mol. The average molecular weight is 498 g/mol. The minimum absolute atomic E-state index is 0.108. The zero-order valence-corrected chi connectivity index (χ0v) is 16.1. The molecule has 0 aliphatic carbocycles. The summed E-state index contributed by atoms with van der Waals surface area (Å²) in [6.45, 7) is 1.67. The lowest BCUT2D eigenvalue weighted by molar-refractivity contribution is -0.126. The molecule has 0 radical (unpaired) electrons. The molecule has 0 spiro atoms. The Morgan fingerprint density at radius 3 is 2.43 bits per heavy atom. The topological polar surface area (TPSA) is 83.4 Å². The van der Waals surface area contributed by atoms with Crippen molar-refractivity contribution in [3.63, 3.8) is 0 Å². The van der Waals surface area contributed by atoms with Crippen molar-refractivity contribution >= 4 is 82.4 Å². The number of azo groups is 1. The monoisotopic (exact) mass is 495 g/mol. The Morgan fingerprint density at radius 1 is 1.38 bits per heavy atom. The number of thiocarbonyl (C=S) groups is 1. The molecule has 0 saturated heterocycles. The Labute approximate surface area is 151 Å². The molecule has 0 fully saturated rings. The molecule has 0 saturated carbocycles. The van der Waals surface area contributed by atoms with E-state index in [1.54, 1.807) is 6.92 Å². The number of carbonyl (C=O) groups is 1. The van der Waals surface area contributed by atoms with Crippen LogP contribution in [0.25, 0.3) is 0 Å². The lowest BCUT2D eigenvalue weighted by Crippen LogP contribution is -2.37. The molecular formula is C11H8Br3N5OS. The van der Waals surface area contributed by atoms with E-state index in [0.29, 0.717) is 11.4 Å². The summed E-state index contributed by atoms with van der Waals surface area (Å²) in [5.41, 5.74) is 6.49. The minimum Gasteiger partial charge on any atom is -0.374 e. The van der Waals surface area contributed by atoms with E-state index in [0.717, 1.165) is 18.4 Å². The molecule has 1 aromatic carbocycles. The Morgan fingerprint density at radius 2 is 1.95 bits per heavy atom. The lowest BCUT2D eigenvalue weighted by atomic mass is 10.2. The van der Waals surface area contributed by atoms with Crippen LogP contribution in [0.2, 0.25) is 0 Å². The van der Waals surface area contributed by atoms with E-state index in [4.69, 9.17) is 18.0 Å². The first-order valence-electron chi connectivity index (χ1n) is 5.55. The van der Waals surface area contributed by atoms with Gasteiger partial charge in [-0.1, -0.05) is 15.9 Å². The third-order valence-corrected chi connectivity index (χ3v) is 4.40. The summed E-state index contributed by atoms with van der Waals surface area (Å²) in [7, 11) is 0. The molecule has 1 aromatic rings. The number of hydrogen-bond donors (Lipinski definition) is 1. The Hall–Kier alpha value is -0.710. The van der Waals surface area contributed by atoms with Crippen molar-refractivity contribution < 1.29 is 4.79 Å². The van der Waals surface area contributed by atoms with E-state index < -0.39 is 11.9 Å². The highest BCUT2D eigenvalue weighted by atomic mass is 79.9. The van der Waals surface area contributed by atoms with Gasteiger partial charge < -0.3 is 5.73 Å². The maximum Gasteiger partial charge on any atom is 0.282 e. The van der Waals surface area contributed by atoms with Crippen LogP contribution >= 0.6 is 60.0 Å². The fourth-order valence-electron chi connectivity index (χ4n) is 1.59. The van der Waals surface area contributed by atoms with Gasteiger partial charge in [0.05, 0.1) is 5.71 Å². The van der Waals surface area contributed by atoms with Gasteiger partial charge in [-0.3, -0.25) is 4.79 Å². The van der Waals surface area contributed by atoms with Crippen molar-refractivity contribution in [3.05, 3.63) is 25.6 Å². The van der Waals surface area contributed by atoms with E-state index in [2.05, 4.69) is 63.1 Å². The number of carbonyl (C=O) groups excluding carboxylic acids is 1. The number of hydrogen-bond acceptors (Lipinski definition) is 5. The molecule has 110 valence electrons. The summed E-state index contributed by atoms with van der Waals surface area (Å²) in [5.74, 6) is -0.409. The molecular weight excluding hydrogens is 490 g/mol. The highest BCUT2D eigenvalue weighted by Crippen LogP contribution is 2.37. The van der Waals surface area contributed by atoms with Gasteiger partial charge >= 0.3 is 0 Å². The Bertz CT molecular complexity index is 667. The highest BCUT2D eigenvalue weighted by Gasteiger charge is 2.35. The average Bonchev–Trinajstić information content (AvgIpc) is 2.64. The fourth-order valence-corrected chi connectivity index (χ4v) is 4.14. The summed E-state index contributed by atoms with van der Waals surface area (Å²) in [6.07, 6.45) is 0. The van der Waals surface area contributed by atoms with Gasteiger partial charge in [0.25, 0.3) is 5.91 Å². The Balaban J connectivity index is 2.29. The second-order valence-corrected chi connectivity index (χ2v) is 7.11. The predicted octanol–water partition coefficient (Wildman–Crippen LogP) is 3.89. The number of nitrogens with two attached hydrogens (primary N) is 1. The van der Waals surface area contributed by atoms with Crippen LogP contribution in [-0.2, 0) is 4.79 Å². The number of benzene rings is 1. The summed E-state index contributed by atoms with van der Waals surface area (Å²) in [5, 5.41) is 13.0. The summed E-state index contributed by atoms with van der Waals surface area (Å²) in [4.78, 5) is 12.1. The van der Waals surface area contributed by atoms with Gasteiger partial charge in [-0.2, -0.15) is 20.3 Å². The maximum atomic E-state index is 12.1. The number of nitrogens with zero attached hydrogens (tertiary/aromatic N) is 4. The molecule has 0 bridgehead atoms. The molecule has 0 unspecified atom stereocenters. The Kier molecular flexibility index (Phi) is 5.23. The first-order valence-corrected chi connectivity index (χ1v) is 8.34. The third-order valence-electron chi connectivity index (χ3n) is 2.56. The molecule has 10 heteroatoms. The normalized spacial score (nSPS) is 18.5. The van der Waals surface area contributed by atoms with Gasteiger partial charge in [-0.15, -0.1) is 0 Å². The molecule has 21 heavy (non-hydrogen) atoms. The maximum absolute atomic E-state index is 12.1. The van der Waals surface area contributed by atoms with Crippen LogP contribution in [0.4, 0.5) is 5.69 Å². The smallest absolute Gasteiger partial charge is 0.282 e. The van der Waals surface area contributed by atoms with Crippen LogP contribution in [0.15, 0.2) is 40.9 Å². The van der Waals surface area contributed by atoms with E-state index in [1.165, 1.54) is 0 Å². The molecule has 6 nitrogen and oxygen atoms in total. The molecule has 2 N–H and O–H groups in total. The van der Waals surface area contributed by atoms with E-state index in [1.807, 2.05) is 12.1 Å². The van der Waals surface area contributed by atoms with Crippen molar-refractivity contribution in [1.82, 2.24) is 5.01 Å². The number of halogens is 3. The number of amides is 1. The van der Waals surface area contributed by atoms with Crippen LogP contribution in [0.5, 0.6) is 0 Å². The second-order valence-electron chi connectivity index (χ2n) is 4.07. The van der Waals surface area contributed by atoms with Crippen LogP contribution in [0, 0.1) is 0 Å². The van der Waals surface area contributed by atoms with Gasteiger partial charge in [0.15, 0.2) is 11.2 Å². The van der Waals surface area contributed by atoms with E-state index >= 15 is 0 Å². The van der Waals surface area contributed by atoms with E-state index in [-0.39, 0.29) is 5.11 Å². The molecule has 2 rings (SSSR count). The van der Waals surface area contributed by atoms with Crippen LogP contribution in [-0.4, -0.2) is 27.8 Å². The molecule has 0 aromatic heterocycles. The standard InChI is InChI=1S/C11H8Br3N5OS/c1-4-8(10(20)19(18-4)11(15)21)16-17-9-6(13)2-5(12)3-7(9)14/h2-3,8H,1H3,(H2,15,21)/t8-/m0/s1. The summed E-state index contributed by atoms with van der Waals surface area (Å²) in [6, 6.07) is 2.85. The SMILES string of the molecule is CC1=NN(C(N)=S)C(=O)[C@H]1N=Nc1c(Br)cc(Br)cc1Br. The van der Waals surface area contributed by atoms with Gasteiger partial charge in [0.2, 0.25) is 0 Å². The molecule has 1 aliphatic heterocycles. The summed E-state index contributed by atoms with van der Waals surface area (Å²) >= 11 is 14.9. The molecule has 1 heterocycles. The van der Waals surface area contributed by atoms with Crippen LogP contribution in [0.3, 0.4) is 0 Å². The zero-order valence-electron chi connectivity index (χ0n) is 10.5. The zero-order chi connectivity index (χ0) is 15.7. The third kappa shape index (κ3) is 3.55. The van der Waals surface area contributed by atoms with Crippen molar-refractivity contribution in [2.45, 2.75) is 13.0 Å². The first kappa shape index (κ1) is 16.7. The fraction of sp³-hybridized carbons (Fsp3) is 0.182. The molecule has 1 atom stereocenters. The van der Waals surface area contributed by atoms with Crippen molar-refractivity contribution in [2.75, 3.05) is 0 Å². The molecule has 1 amide bonds. The minimum atomic E-state index is -0.811. The van der Waals surface area contributed by atoms with Gasteiger partial charge in [-0.25, -0.2) is 0 Å². The number of hydrazone groups is 1. The quantitative estimate of drug-likeness (QED) is 0.497. The number of rotatable bonds is 2. The van der Waals surface area contributed by atoms with Gasteiger partial charge in [-0.05, 0) is 63.1 Å².